The first kappa shape index (κ1) is 16.5. The van der Waals surface area contributed by atoms with E-state index < -0.39 is 10.8 Å². The normalized spacial score (nSPS) is 20.5. The number of carbonyl (C=O) groups is 2. The van der Waals surface area contributed by atoms with Crippen molar-refractivity contribution in [3.8, 4) is 0 Å². The minimum absolute atomic E-state index is 0.127. The average molecular weight is 315 g/mol. The second-order valence-electron chi connectivity index (χ2n) is 9.26. The van der Waals surface area contributed by atoms with Crippen LogP contribution in [0.1, 0.15) is 99.0 Å². The van der Waals surface area contributed by atoms with Crippen LogP contribution in [0.4, 0.5) is 0 Å². The predicted molar refractivity (Wildman–Crippen MR) is 92.3 cm³/mol. The van der Waals surface area contributed by atoms with Crippen LogP contribution < -0.4 is 0 Å². The third kappa shape index (κ3) is 2.49. The monoisotopic (exact) mass is 315 g/mol. The van der Waals surface area contributed by atoms with Gasteiger partial charge in [0.15, 0.2) is 11.6 Å². The standard InChI is InChI=1S/C20H29NO2/c1-19(2,3)17(22)15-13-9-7-8-12-10-11-14(21(12)13)16(15)18(23)20(4,5)6/h12H,7-11H2,1-6H3. The highest BCUT2D eigenvalue weighted by Crippen LogP contribution is 2.44. The number of ketones is 2. The maximum atomic E-state index is 13.2. The largest absolute Gasteiger partial charge is 0.344 e. The molecule has 0 N–H and O–H groups in total. The van der Waals surface area contributed by atoms with Gasteiger partial charge in [-0.2, -0.15) is 0 Å². The lowest BCUT2D eigenvalue weighted by Crippen LogP contribution is -2.28. The Balaban J connectivity index is 2.28. The molecule has 0 bridgehead atoms. The number of nitrogens with zero attached hydrogens (tertiary/aromatic N) is 1. The summed E-state index contributed by atoms with van der Waals surface area (Å²) in [6.45, 7) is 11.7. The zero-order chi connectivity index (χ0) is 17.2. The van der Waals surface area contributed by atoms with Gasteiger partial charge < -0.3 is 4.57 Å². The second-order valence-corrected chi connectivity index (χ2v) is 9.26. The molecule has 3 rings (SSSR count). The molecule has 0 spiro atoms. The Morgan fingerprint density at radius 2 is 1.30 bits per heavy atom. The molecule has 3 nitrogen and oxygen atoms in total. The lowest BCUT2D eigenvalue weighted by atomic mass is 9.78. The summed E-state index contributed by atoms with van der Waals surface area (Å²) < 4.78 is 2.36. The van der Waals surface area contributed by atoms with Gasteiger partial charge in [0.05, 0.1) is 11.1 Å². The molecule has 2 aliphatic rings. The molecule has 1 aromatic heterocycles. The van der Waals surface area contributed by atoms with Gasteiger partial charge in [-0.05, 0) is 32.1 Å². The zero-order valence-corrected chi connectivity index (χ0v) is 15.4. The highest BCUT2D eigenvalue weighted by molar-refractivity contribution is 6.13. The summed E-state index contributed by atoms with van der Waals surface area (Å²) in [5, 5.41) is 0. The van der Waals surface area contributed by atoms with Crippen molar-refractivity contribution in [2.45, 2.75) is 79.7 Å². The molecule has 0 fully saturated rings. The first-order valence-corrected chi connectivity index (χ1v) is 8.89. The first-order valence-electron chi connectivity index (χ1n) is 8.89. The molecule has 3 heterocycles. The number of rotatable bonds is 2. The van der Waals surface area contributed by atoms with Gasteiger partial charge in [-0.1, -0.05) is 41.5 Å². The Kier molecular flexibility index (Phi) is 3.62. The number of hydrogen-bond acceptors (Lipinski definition) is 2. The first-order chi connectivity index (χ1) is 10.5. The molecular weight excluding hydrogens is 286 g/mol. The van der Waals surface area contributed by atoms with Crippen molar-refractivity contribution >= 4 is 11.6 Å². The molecule has 0 saturated carbocycles. The molecule has 1 unspecified atom stereocenters. The molecule has 0 amide bonds. The van der Waals surface area contributed by atoms with Crippen molar-refractivity contribution < 1.29 is 9.59 Å². The summed E-state index contributed by atoms with van der Waals surface area (Å²) >= 11 is 0. The Labute approximate surface area is 139 Å². The smallest absolute Gasteiger partial charge is 0.170 e. The van der Waals surface area contributed by atoms with Crippen LogP contribution >= 0.6 is 0 Å². The fraction of sp³-hybridized carbons (Fsp3) is 0.700. The van der Waals surface area contributed by atoms with Crippen LogP contribution in [0.15, 0.2) is 0 Å². The minimum Gasteiger partial charge on any atom is -0.344 e. The van der Waals surface area contributed by atoms with E-state index in [1.807, 2.05) is 41.5 Å². The third-order valence-corrected chi connectivity index (χ3v) is 5.26. The number of carbonyl (C=O) groups excluding carboxylic acids is 2. The Morgan fingerprint density at radius 1 is 0.826 bits per heavy atom. The zero-order valence-electron chi connectivity index (χ0n) is 15.4. The van der Waals surface area contributed by atoms with Crippen molar-refractivity contribution in [2.24, 2.45) is 10.8 Å². The molecule has 0 saturated heterocycles. The van der Waals surface area contributed by atoms with E-state index in [1.165, 1.54) is 6.42 Å². The van der Waals surface area contributed by atoms with Crippen molar-refractivity contribution in [2.75, 3.05) is 0 Å². The van der Waals surface area contributed by atoms with E-state index in [0.29, 0.717) is 6.04 Å². The topological polar surface area (TPSA) is 39.1 Å². The van der Waals surface area contributed by atoms with Gasteiger partial charge in [0.2, 0.25) is 0 Å². The van der Waals surface area contributed by atoms with Gasteiger partial charge in [-0.3, -0.25) is 9.59 Å². The Morgan fingerprint density at radius 3 is 1.78 bits per heavy atom. The lowest BCUT2D eigenvalue weighted by Gasteiger charge is -2.25. The summed E-state index contributed by atoms with van der Waals surface area (Å²) in [5.74, 6) is 0.255. The van der Waals surface area contributed by atoms with Crippen LogP contribution in [-0.2, 0) is 12.8 Å². The Hall–Kier alpha value is -1.38. The molecule has 0 aliphatic carbocycles. The fourth-order valence-electron chi connectivity index (χ4n) is 4.07. The average Bonchev–Trinajstić information content (AvgIpc) is 2.98. The molecule has 126 valence electrons. The third-order valence-electron chi connectivity index (χ3n) is 5.26. The fourth-order valence-corrected chi connectivity index (χ4v) is 4.07. The molecule has 3 heteroatoms. The van der Waals surface area contributed by atoms with Gasteiger partial charge in [0, 0.05) is 28.3 Å². The number of hydrogen-bond donors (Lipinski definition) is 0. The summed E-state index contributed by atoms with van der Waals surface area (Å²) in [4.78, 5) is 26.3. The highest BCUT2D eigenvalue weighted by atomic mass is 16.1. The summed E-state index contributed by atoms with van der Waals surface area (Å²) in [6.07, 6.45) is 5.30. The van der Waals surface area contributed by atoms with Crippen molar-refractivity contribution in [3.63, 3.8) is 0 Å². The van der Waals surface area contributed by atoms with E-state index in [-0.39, 0.29) is 11.6 Å². The van der Waals surface area contributed by atoms with E-state index in [9.17, 15) is 9.59 Å². The molecule has 1 aromatic rings. The summed E-state index contributed by atoms with van der Waals surface area (Å²) in [5.41, 5.74) is 2.85. The molecule has 23 heavy (non-hydrogen) atoms. The van der Waals surface area contributed by atoms with Gasteiger partial charge in [0.25, 0.3) is 0 Å². The molecule has 0 aromatic carbocycles. The van der Waals surface area contributed by atoms with Crippen molar-refractivity contribution in [3.05, 3.63) is 22.5 Å². The maximum absolute atomic E-state index is 13.2. The second kappa shape index (κ2) is 5.06. The van der Waals surface area contributed by atoms with Gasteiger partial charge in [-0.15, -0.1) is 0 Å². The van der Waals surface area contributed by atoms with Crippen molar-refractivity contribution in [1.29, 1.82) is 0 Å². The van der Waals surface area contributed by atoms with Crippen LogP contribution in [0, 0.1) is 10.8 Å². The van der Waals surface area contributed by atoms with Crippen LogP contribution in [0.25, 0.3) is 0 Å². The van der Waals surface area contributed by atoms with Crippen LogP contribution in [-0.4, -0.2) is 16.1 Å². The van der Waals surface area contributed by atoms with E-state index in [2.05, 4.69) is 4.57 Å². The van der Waals surface area contributed by atoms with Gasteiger partial charge in [-0.25, -0.2) is 0 Å². The van der Waals surface area contributed by atoms with E-state index >= 15 is 0 Å². The predicted octanol–water partition coefficient (Wildman–Crippen LogP) is 4.77. The maximum Gasteiger partial charge on any atom is 0.170 e. The minimum atomic E-state index is -0.459. The Bertz CT molecular complexity index is 653. The van der Waals surface area contributed by atoms with E-state index in [4.69, 9.17) is 0 Å². The van der Waals surface area contributed by atoms with Crippen LogP contribution in [0.3, 0.4) is 0 Å². The lowest BCUT2D eigenvalue weighted by molar-refractivity contribution is 0.0823. The summed E-state index contributed by atoms with van der Waals surface area (Å²) in [6, 6.07) is 0.502. The van der Waals surface area contributed by atoms with Crippen LogP contribution in [0.5, 0.6) is 0 Å². The van der Waals surface area contributed by atoms with Gasteiger partial charge >= 0.3 is 0 Å². The highest BCUT2D eigenvalue weighted by Gasteiger charge is 2.42. The number of aromatic nitrogens is 1. The van der Waals surface area contributed by atoms with E-state index in [0.717, 1.165) is 48.2 Å². The quantitative estimate of drug-likeness (QED) is 0.737. The molecular formula is C20H29NO2. The van der Waals surface area contributed by atoms with Crippen molar-refractivity contribution in [1.82, 2.24) is 4.57 Å². The molecule has 1 atom stereocenters. The molecule has 0 radical (unpaired) electrons. The van der Waals surface area contributed by atoms with Crippen LogP contribution in [0.2, 0.25) is 0 Å². The SMILES string of the molecule is CC(C)(C)C(=O)c1c(C(=O)C(C)(C)C)c2n3c1CCCC3CC2. The molecule has 2 aliphatic heterocycles. The van der Waals surface area contributed by atoms with E-state index in [1.54, 1.807) is 0 Å². The van der Waals surface area contributed by atoms with Gasteiger partial charge in [0.1, 0.15) is 0 Å². The number of Topliss-reactive ketones (excluding diaryl/α,β-unsaturated/α-hetero) is 2. The summed E-state index contributed by atoms with van der Waals surface area (Å²) in [7, 11) is 0.